The first-order valence-corrected chi connectivity index (χ1v) is 12.9. The molecule has 10 nitrogen and oxygen atoms in total. The Kier molecular flexibility index (Phi) is 8.20. The molecule has 5 aromatic heterocycles. The molecule has 200 valence electrons. The summed E-state index contributed by atoms with van der Waals surface area (Å²) in [5.74, 6) is 0.503. The average Bonchev–Trinajstić information content (AvgIpc) is 3.05. The minimum absolute atomic E-state index is 0.101. The van der Waals surface area contributed by atoms with Crippen molar-refractivity contribution in [1.82, 2.24) is 44.9 Å². The quantitative estimate of drug-likeness (QED) is 0.177. The topological polar surface area (TPSA) is 133 Å². The Morgan fingerprint density at radius 1 is 0.634 bits per heavy atom. The van der Waals surface area contributed by atoms with Crippen LogP contribution in [0.4, 0.5) is 0 Å². The normalized spacial score (nSPS) is 11.5. The van der Waals surface area contributed by atoms with Gasteiger partial charge in [0.05, 0.1) is 0 Å². The first-order chi connectivity index (χ1) is 20.1. The Morgan fingerprint density at radius 2 is 1.05 bits per heavy atom. The number of hydrogen-bond donors (Lipinski definition) is 0. The van der Waals surface area contributed by atoms with Crippen LogP contribution in [0.15, 0.2) is 104 Å². The van der Waals surface area contributed by atoms with Crippen LogP contribution in [0.1, 0.15) is 42.5 Å². The van der Waals surface area contributed by atoms with E-state index < -0.39 is 5.78 Å². The molecule has 0 aliphatic rings. The van der Waals surface area contributed by atoms with Gasteiger partial charge < -0.3 is 0 Å². The monoisotopic (exact) mass is 539 g/mol. The van der Waals surface area contributed by atoms with Crippen LogP contribution in [0.2, 0.25) is 0 Å². The molecular weight excluding hydrogens is 514 g/mol. The van der Waals surface area contributed by atoms with Crippen molar-refractivity contribution in [3.05, 3.63) is 121 Å². The second-order valence-corrected chi connectivity index (χ2v) is 8.74. The minimum Gasteiger partial charge on any atom is -0.281 e. The third-order valence-corrected chi connectivity index (χ3v) is 6.01. The van der Waals surface area contributed by atoms with E-state index in [0.29, 0.717) is 45.6 Å². The fourth-order valence-electron chi connectivity index (χ4n) is 3.70. The summed E-state index contributed by atoms with van der Waals surface area (Å²) in [5, 5.41) is 0. The van der Waals surface area contributed by atoms with Gasteiger partial charge in [-0.2, -0.15) is 0 Å². The van der Waals surface area contributed by atoms with Gasteiger partial charge in [-0.1, -0.05) is 37.3 Å². The molecule has 0 radical (unpaired) electrons. The summed E-state index contributed by atoms with van der Waals surface area (Å²) in [6, 6.07) is 10.6. The van der Waals surface area contributed by atoms with Gasteiger partial charge in [-0.15, -0.1) is 0 Å². The van der Waals surface area contributed by atoms with Gasteiger partial charge in [0.1, 0.15) is 0 Å². The van der Waals surface area contributed by atoms with E-state index in [1.54, 1.807) is 73.6 Å². The van der Waals surface area contributed by atoms with Gasteiger partial charge in [0, 0.05) is 59.4 Å². The number of pyridine rings is 3. The summed E-state index contributed by atoms with van der Waals surface area (Å²) in [4.78, 5) is 53.6. The molecule has 0 atom stereocenters. The third kappa shape index (κ3) is 6.34. The first kappa shape index (κ1) is 26.9. The smallest absolute Gasteiger partial charge is 0.267 e. The van der Waals surface area contributed by atoms with Crippen molar-refractivity contribution >= 4 is 11.4 Å². The predicted molar refractivity (Wildman–Crippen MR) is 155 cm³/mol. The van der Waals surface area contributed by atoms with Crippen molar-refractivity contribution in [3.63, 3.8) is 0 Å². The predicted octanol–water partition coefficient (Wildman–Crippen LogP) is 5.40. The average molecular weight is 540 g/mol. The van der Waals surface area contributed by atoms with Gasteiger partial charge in [0.15, 0.2) is 23.3 Å². The maximum Gasteiger partial charge on any atom is 0.267 e. The van der Waals surface area contributed by atoms with E-state index in [1.165, 1.54) is 0 Å². The van der Waals surface area contributed by atoms with Gasteiger partial charge in [-0.05, 0) is 49.7 Å². The maximum absolute atomic E-state index is 14.0. The Balaban J connectivity index is 1.66. The highest BCUT2D eigenvalue weighted by atomic mass is 16.1. The van der Waals surface area contributed by atoms with Gasteiger partial charge in [0.25, 0.3) is 5.78 Å². The Hall–Kier alpha value is -5.64. The number of allylic oxidation sites excluding steroid dienone is 5. The molecule has 5 heterocycles. The van der Waals surface area contributed by atoms with Gasteiger partial charge >= 0.3 is 0 Å². The zero-order valence-corrected chi connectivity index (χ0v) is 22.5. The van der Waals surface area contributed by atoms with Crippen molar-refractivity contribution in [2.24, 2.45) is 0 Å². The van der Waals surface area contributed by atoms with Crippen molar-refractivity contribution in [1.29, 1.82) is 0 Å². The molecule has 41 heavy (non-hydrogen) atoms. The molecule has 0 fully saturated rings. The van der Waals surface area contributed by atoms with Crippen LogP contribution in [-0.4, -0.2) is 50.6 Å². The number of carbonyl (C=O) groups is 1. The molecular formula is C31H25N9O. The minimum atomic E-state index is -0.575. The van der Waals surface area contributed by atoms with Crippen LogP contribution in [0.3, 0.4) is 0 Å². The summed E-state index contributed by atoms with van der Waals surface area (Å²) in [5.41, 5.74) is 3.69. The Labute approximate surface area is 236 Å². The lowest BCUT2D eigenvalue weighted by Crippen LogP contribution is -2.16. The molecule has 0 N–H and O–H groups in total. The molecule has 10 heteroatoms. The number of nitrogens with zero attached hydrogens (tertiary/aromatic N) is 9. The van der Waals surface area contributed by atoms with Crippen LogP contribution in [0, 0.1) is 0 Å². The molecule has 0 aliphatic heterocycles. The Bertz CT molecular complexity index is 1700. The second kappa shape index (κ2) is 12.5. The number of carbonyl (C=O) groups excluding carboxylic acids is 1. The molecule has 0 aromatic carbocycles. The molecule has 0 bridgehead atoms. The zero-order valence-electron chi connectivity index (χ0n) is 22.5. The van der Waals surface area contributed by atoms with Gasteiger partial charge in [-0.25, -0.2) is 29.9 Å². The fourth-order valence-corrected chi connectivity index (χ4v) is 3.70. The molecule has 0 saturated heterocycles. The van der Waals surface area contributed by atoms with Gasteiger partial charge in [0.2, 0.25) is 11.6 Å². The Morgan fingerprint density at radius 3 is 1.49 bits per heavy atom. The van der Waals surface area contributed by atoms with Crippen molar-refractivity contribution in [2.75, 3.05) is 0 Å². The summed E-state index contributed by atoms with van der Waals surface area (Å²) in [6.07, 6.45) is 16.2. The SMILES string of the molecule is C=C(C=CC(=CC)c1nc(C(=O)c2nc(-c3ccncc3)nc(-c3ccncc3)n2)nc(-c2ccncc2)n1)CC. The van der Waals surface area contributed by atoms with E-state index in [-0.39, 0.29) is 11.6 Å². The fraction of sp³-hybridized carbons (Fsp3) is 0.0968. The van der Waals surface area contributed by atoms with E-state index in [0.717, 1.165) is 12.0 Å². The lowest BCUT2D eigenvalue weighted by Gasteiger charge is -2.09. The largest absolute Gasteiger partial charge is 0.281 e. The molecule has 5 rings (SSSR count). The number of rotatable bonds is 9. The highest BCUT2D eigenvalue weighted by Gasteiger charge is 2.23. The first-order valence-electron chi connectivity index (χ1n) is 12.9. The van der Waals surface area contributed by atoms with E-state index in [9.17, 15) is 4.79 Å². The van der Waals surface area contributed by atoms with Crippen LogP contribution in [0.25, 0.3) is 39.7 Å². The number of hydrogen-bond acceptors (Lipinski definition) is 10. The molecule has 0 aliphatic carbocycles. The van der Waals surface area contributed by atoms with Crippen LogP contribution in [0.5, 0.6) is 0 Å². The van der Waals surface area contributed by atoms with Gasteiger partial charge in [-0.3, -0.25) is 19.7 Å². The molecule has 0 spiro atoms. The van der Waals surface area contributed by atoms with Crippen LogP contribution in [-0.2, 0) is 0 Å². The summed E-state index contributed by atoms with van der Waals surface area (Å²) in [7, 11) is 0. The highest BCUT2D eigenvalue weighted by molar-refractivity contribution is 6.04. The van der Waals surface area contributed by atoms with Crippen molar-refractivity contribution in [2.45, 2.75) is 20.3 Å². The van der Waals surface area contributed by atoms with E-state index in [1.807, 2.05) is 32.1 Å². The molecule has 5 aromatic rings. The molecule has 0 unspecified atom stereocenters. The standard InChI is InChI=1S/C31H25N9O/c1-4-20(3)6-7-21(5-2)26-35-27(22-8-14-32-15-9-22)38-30(37-26)25(41)31-39-28(23-10-16-33-17-11-23)36-29(40-31)24-12-18-34-19-13-24/h5-19H,3-4H2,1-2H3. The van der Waals surface area contributed by atoms with Crippen molar-refractivity contribution in [3.8, 4) is 34.2 Å². The summed E-state index contributed by atoms with van der Waals surface area (Å²) < 4.78 is 0. The van der Waals surface area contributed by atoms with E-state index in [2.05, 4.69) is 51.4 Å². The van der Waals surface area contributed by atoms with E-state index in [4.69, 9.17) is 0 Å². The highest BCUT2D eigenvalue weighted by Crippen LogP contribution is 2.22. The third-order valence-electron chi connectivity index (χ3n) is 6.01. The molecule has 0 saturated carbocycles. The lowest BCUT2D eigenvalue weighted by molar-refractivity contribution is 0.101. The molecule has 0 amide bonds. The van der Waals surface area contributed by atoms with E-state index >= 15 is 0 Å². The van der Waals surface area contributed by atoms with Crippen LogP contribution < -0.4 is 0 Å². The van der Waals surface area contributed by atoms with Crippen molar-refractivity contribution < 1.29 is 4.79 Å². The summed E-state index contributed by atoms with van der Waals surface area (Å²) in [6.45, 7) is 7.93. The lowest BCUT2D eigenvalue weighted by atomic mass is 10.1. The number of aromatic nitrogens is 9. The maximum atomic E-state index is 14.0. The second-order valence-electron chi connectivity index (χ2n) is 8.74. The van der Waals surface area contributed by atoms with Crippen LogP contribution >= 0.6 is 0 Å². The zero-order chi connectivity index (χ0) is 28.6. The number of ketones is 1. The summed E-state index contributed by atoms with van der Waals surface area (Å²) >= 11 is 0.